The molecule has 0 aliphatic heterocycles. The topological polar surface area (TPSA) is 25.8 Å². The molecule has 1 aliphatic carbocycles. The van der Waals surface area contributed by atoms with Crippen molar-refractivity contribution in [3.05, 3.63) is 22.2 Å². The van der Waals surface area contributed by atoms with E-state index >= 15 is 0 Å². The Hall–Kier alpha value is -0.340. The van der Waals surface area contributed by atoms with Gasteiger partial charge in [0, 0.05) is 11.6 Å². The molecule has 1 saturated carbocycles. The van der Waals surface area contributed by atoms with Crippen molar-refractivity contribution in [1.29, 1.82) is 0 Å². The Kier molecular flexibility index (Phi) is 1.74. The van der Waals surface area contributed by atoms with Gasteiger partial charge in [0.1, 0.15) is 5.15 Å². The van der Waals surface area contributed by atoms with Crippen molar-refractivity contribution >= 4 is 23.2 Å². The average Bonchev–Trinajstić information content (AvgIpc) is 2.64. The summed E-state index contributed by atoms with van der Waals surface area (Å²) in [6.45, 7) is 0. The molecule has 0 unspecified atom stereocenters. The molecule has 4 heteroatoms. The molecule has 0 N–H and O–H groups in total. The molecule has 58 valence electrons. The minimum Gasteiger partial charge on any atom is -0.223 e. The molecule has 1 heterocycles. The molecule has 1 fully saturated rings. The highest BCUT2D eigenvalue weighted by molar-refractivity contribution is 6.31. The van der Waals surface area contributed by atoms with Crippen LogP contribution < -0.4 is 0 Å². The fourth-order valence-corrected chi connectivity index (χ4v) is 1.42. The van der Waals surface area contributed by atoms with E-state index in [1.807, 2.05) is 0 Å². The number of aromatic nitrogens is 2. The fraction of sp³-hybridized carbons (Fsp3) is 0.429. The van der Waals surface area contributed by atoms with Crippen LogP contribution in [0.5, 0.6) is 0 Å². The molecule has 11 heavy (non-hydrogen) atoms. The second-order valence-electron chi connectivity index (χ2n) is 2.66. The van der Waals surface area contributed by atoms with Gasteiger partial charge < -0.3 is 0 Å². The lowest BCUT2D eigenvalue weighted by molar-refractivity contribution is 0.988. The largest absolute Gasteiger partial charge is 0.224 e. The minimum absolute atomic E-state index is 0.249. The standard InChI is InChI=1S/C7H6Cl2N2/c8-6-3-5(4-1-2-4)10-7(9)11-6/h3-4H,1-2H2. The van der Waals surface area contributed by atoms with Gasteiger partial charge in [-0.15, -0.1) is 0 Å². The van der Waals surface area contributed by atoms with Crippen molar-refractivity contribution in [1.82, 2.24) is 9.97 Å². The van der Waals surface area contributed by atoms with Crippen LogP contribution in [0, 0.1) is 0 Å². The molecular weight excluding hydrogens is 183 g/mol. The van der Waals surface area contributed by atoms with Crippen LogP contribution in [0.15, 0.2) is 6.07 Å². The van der Waals surface area contributed by atoms with Crippen molar-refractivity contribution in [2.24, 2.45) is 0 Å². The number of hydrogen-bond acceptors (Lipinski definition) is 2. The molecule has 0 amide bonds. The van der Waals surface area contributed by atoms with E-state index in [9.17, 15) is 0 Å². The highest BCUT2D eigenvalue weighted by Crippen LogP contribution is 2.39. The third-order valence-electron chi connectivity index (χ3n) is 1.68. The summed E-state index contributed by atoms with van der Waals surface area (Å²) in [6, 6.07) is 1.78. The first-order chi connectivity index (χ1) is 5.25. The molecule has 0 aromatic carbocycles. The van der Waals surface area contributed by atoms with Gasteiger partial charge in [-0.05, 0) is 30.5 Å². The molecule has 2 nitrogen and oxygen atoms in total. The van der Waals surface area contributed by atoms with Gasteiger partial charge in [-0.25, -0.2) is 9.97 Å². The van der Waals surface area contributed by atoms with Crippen LogP contribution in [0.4, 0.5) is 0 Å². The summed E-state index contributed by atoms with van der Waals surface area (Å²) in [5.41, 5.74) is 0.981. The predicted octanol–water partition coefficient (Wildman–Crippen LogP) is 2.66. The Morgan fingerprint density at radius 2 is 2.00 bits per heavy atom. The summed E-state index contributed by atoms with van der Waals surface area (Å²) < 4.78 is 0. The second-order valence-corrected chi connectivity index (χ2v) is 3.38. The molecule has 0 bridgehead atoms. The van der Waals surface area contributed by atoms with Gasteiger partial charge in [-0.3, -0.25) is 0 Å². The number of hydrogen-bond donors (Lipinski definition) is 0. The van der Waals surface area contributed by atoms with E-state index in [1.165, 1.54) is 12.8 Å². The molecule has 2 rings (SSSR count). The second kappa shape index (κ2) is 2.61. The Labute approximate surface area is 74.6 Å². The lowest BCUT2D eigenvalue weighted by atomic mass is 10.3. The van der Waals surface area contributed by atoms with Crippen molar-refractivity contribution in [3.63, 3.8) is 0 Å². The third-order valence-corrected chi connectivity index (χ3v) is 2.05. The van der Waals surface area contributed by atoms with Gasteiger partial charge in [0.2, 0.25) is 5.28 Å². The minimum atomic E-state index is 0.249. The lowest BCUT2D eigenvalue weighted by Crippen LogP contribution is -1.89. The Morgan fingerprint density at radius 3 is 2.55 bits per heavy atom. The van der Waals surface area contributed by atoms with Crippen LogP contribution in [-0.2, 0) is 0 Å². The summed E-state index contributed by atoms with van der Waals surface area (Å²) in [6.07, 6.45) is 2.40. The van der Waals surface area contributed by atoms with Crippen LogP contribution in [0.25, 0.3) is 0 Å². The SMILES string of the molecule is Clc1cc(C2CC2)nc(Cl)n1. The monoisotopic (exact) mass is 188 g/mol. The van der Waals surface area contributed by atoms with Crippen LogP contribution in [-0.4, -0.2) is 9.97 Å². The van der Waals surface area contributed by atoms with Gasteiger partial charge in [0.05, 0.1) is 0 Å². The highest BCUT2D eigenvalue weighted by Gasteiger charge is 2.25. The fourth-order valence-electron chi connectivity index (χ4n) is 0.994. The van der Waals surface area contributed by atoms with E-state index in [2.05, 4.69) is 9.97 Å². The summed E-state index contributed by atoms with van der Waals surface area (Å²) in [5, 5.41) is 0.686. The molecule has 1 aliphatic rings. The third kappa shape index (κ3) is 1.63. The summed E-state index contributed by atoms with van der Waals surface area (Å²) in [5.74, 6) is 0.577. The van der Waals surface area contributed by atoms with Crippen LogP contribution >= 0.6 is 23.2 Å². The summed E-state index contributed by atoms with van der Waals surface area (Å²) in [7, 11) is 0. The highest BCUT2D eigenvalue weighted by atomic mass is 35.5. The zero-order chi connectivity index (χ0) is 7.84. The molecule has 0 saturated heterocycles. The first kappa shape index (κ1) is 7.32. The first-order valence-electron chi connectivity index (χ1n) is 3.45. The predicted molar refractivity (Wildman–Crippen MR) is 44.0 cm³/mol. The van der Waals surface area contributed by atoms with Crippen molar-refractivity contribution < 1.29 is 0 Å². The molecule has 1 aromatic rings. The van der Waals surface area contributed by atoms with E-state index < -0.39 is 0 Å². The number of rotatable bonds is 1. The molecule has 1 aromatic heterocycles. The van der Waals surface area contributed by atoms with E-state index in [1.54, 1.807) is 6.07 Å². The average molecular weight is 189 g/mol. The van der Waals surface area contributed by atoms with Gasteiger partial charge >= 0.3 is 0 Å². The quantitative estimate of drug-likeness (QED) is 0.501. The molecule has 0 spiro atoms. The maximum atomic E-state index is 5.69. The number of nitrogens with zero attached hydrogens (tertiary/aromatic N) is 2. The first-order valence-corrected chi connectivity index (χ1v) is 4.21. The van der Waals surface area contributed by atoms with Crippen LogP contribution in [0.1, 0.15) is 24.5 Å². The van der Waals surface area contributed by atoms with Crippen LogP contribution in [0.2, 0.25) is 10.4 Å². The van der Waals surface area contributed by atoms with Crippen molar-refractivity contribution in [2.75, 3.05) is 0 Å². The normalized spacial score (nSPS) is 16.9. The van der Waals surface area contributed by atoms with E-state index in [0.717, 1.165) is 5.69 Å². The van der Waals surface area contributed by atoms with Gasteiger partial charge in [-0.1, -0.05) is 11.6 Å². The van der Waals surface area contributed by atoms with Gasteiger partial charge in [0.25, 0.3) is 0 Å². The Morgan fingerprint density at radius 1 is 1.27 bits per heavy atom. The Bertz CT molecular complexity index is 264. The summed E-state index contributed by atoms with van der Waals surface area (Å²) in [4.78, 5) is 7.83. The van der Waals surface area contributed by atoms with E-state index in [4.69, 9.17) is 23.2 Å². The van der Waals surface area contributed by atoms with Gasteiger partial charge in [0.15, 0.2) is 0 Å². The molecular formula is C7H6Cl2N2. The smallest absolute Gasteiger partial charge is 0.223 e. The van der Waals surface area contributed by atoms with E-state index in [-0.39, 0.29) is 5.28 Å². The lowest BCUT2D eigenvalue weighted by Gasteiger charge is -1.97. The van der Waals surface area contributed by atoms with Crippen molar-refractivity contribution in [3.8, 4) is 0 Å². The van der Waals surface area contributed by atoms with Gasteiger partial charge in [-0.2, -0.15) is 0 Å². The van der Waals surface area contributed by atoms with E-state index in [0.29, 0.717) is 11.1 Å². The zero-order valence-electron chi connectivity index (χ0n) is 5.72. The molecule has 0 atom stereocenters. The van der Waals surface area contributed by atoms with Crippen LogP contribution in [0.3, 0.4) is 0 Å². The molecule has 0 radical (unpaired) electrons. The maximum absolute atomic E-state index is 5.69. The maximum Gasteiger partial charge on any atom is 0.224 e. The van der Waals surface area contributed by atoms with Crippen molar-refractivity contribution in [2.45, 2.75) is 18.8 Å². The summed E-state index contributed by atoms with van der Waals surface area (Å²) >= 11 is 11.3. The number of halogens is 2. The Balaban J connectivity index is 2.39. The zero-order valence-corrected chi connectivity index (χ0v) is 7.23.